The quantitative estimate of drug-likeness (QED) is 0.323. The fourth-order valence-electron chi connectivity index (χ4n) is 3.33. The molecule has 0 spiro atoms. The monoisotopic (exact) mass is 469 g/mol. The van der Waals surface area contributed by atoms with Crippen LogP contribution in [0, 0.1) is 10.1 Å². The van der Waals surface area contributed by atoms with E-state index in [0.717, 1.165) is 40.5 Å². The second kappa shape index (κ2) is 6.94. The third kappa shape index (κ3) is 3.03. The summed E-state index contributed by atoms with van der Waals surface area (Å²) < 4.78 is 1.03. The van der Waals surface area contributed by atoms with Crippen LogP contribution in [0.25, 0.3) is 0 Å². The Morgan fingerprint density at radius 3 is 3.04 bits per heavy atom. The molecule has 2 aromatic rings. The van der Waals surface area contributed by atoms with E-state index in [-0.39, 0.29) is 16.7 Å². The average Bonchev–Trinajstić information content (AvgIpc) is 3.29. The molecule has 1 aromatic carbocycles. The van der Waals surface area contributed by atoms with Gasteiger partial charge in [-0.1, -0.05) is 46.5 Å². The van der Waals surface area contributed by atoms with Gasteiger partial charge < -0.3 is 9.88 Å². The van der Waals surface area contributed by atoms with Crippen LogP contribution in [-0.4, -0.2) is 47.7 Å². The van der Waals surface area contributed by atoms with E-state index in [4.69, 9.17) is 4.99 Å². The predicted molar refractivity (Wildman–Crippen MR) is 107 cm³/mol. The van der Waals surface area contributed by atoms with Crippen LogP contribution < -0.4 is 0 Å². The molecule has 2 aliphatic rings. The van der Waals surface area contributed by atoms with Gasteiger partial charge in [0.2, 0.25) is 0 Å². The van der Waals surface area contributed by atoms with Crippen molar-refractivity contribution in [3.05, 3.63) is 57.7 Å². The Kier molecular flexibility index (Phi) is 4.67. The summed E-state index contributed by atoms with van der Waals surface area (Å²) in [5.74, 6) is 0. The first kappa shape index (κ1) is 16.8. The molecule has 0 radical (unpaired) electrons. The number of nitrogens with zero attached hydrogens (tertiary/aromatic N) is 4. The number of imidazole rings is 1. The fourth-order valence-corrected chi connectivity index (χ4v) is 5.13. The molecule has 1 N–H and O–H groups in total. The van der Waals surface area contributed by atoms with E-state index in [0.29, 0.717) is 10.8 Å². The van der Waals surface area contributed by atoms with Gasteiger partial charge in [-0.15, -0.1) is 0 Å². The molecule has 0 aliphatic carbocycles. The minimum absolute atomic E-state index is 0.127. The van der Waals surface area contributed by atoms with E-state index in [9.17, 15) is 10.1 Å². The largest absolute Gasteiger partial charge is 0.348 e. The van der Waals surface area contributed by atoms with E-state index in [1.807, 2.05) is 12.1 Å². The topological polar surface area (TPSA) is 87.4 Å². The Balaban J connectivity index is 1.80. The van der Waals surface area contributed by atoms with Crippen molar-refractivity contribution in [3.63, 3.8) is 0 Å². The molecule has 9 heteroatoms. The number of nitro benzene ring substituents is 1. The molecule has 130 valence electrons. The number of halogens is 1. The fraction of sp³-hybridized carbons (Fsp3) is 0.375. The molecular weight excluding hydrogens is 453 g/mol. The number of thioether (sulfide) groups is 1. The highest BCUT2D eigenvalue weighted by atomic mass is 127. The van der Waals surface area contributed by atoms with Gasteiger partial charge in [-0.3, -0.25) is 15.1 Å². The first-order chi connectivity index (χ1) is 12.2. The lowest BCUT2D eigenvalue weighted by atomic mass is 9.95. The van der Waals surface area contributed by atoms with Gasteiger partial charge in [0.25, 0.3) is 5.69 Å². The minimum atomic E-state index is -0.314. The van der Waals surface area contributed by atoms with Gasteiger partial charge in [-0.05, 0) is 6.07 Å². The van der Waals surface area contributed by atoms with E-state index in [1.54, 1.807) is 30.2 Å². The summed E-state index contributed by atoms with van der Waals surface area (Å²) >= 11 is 4.15. The standard InChI is InChI=1S/C16H16IN5O2S/c17-7-10-8-18-16(25-10)21-6-5-12-14(20-9-19-12)15(21)11-3-1-2-4-13(11)22(23)24/h1-4,9-10,15H,5-8H2,(H,19,20). The van der Waals surface area contributed by atoms with Crippen LogP contribution in [0.3, 0.4) is 0 Å². The maximum Gasteiger partial charge on any atom is 0.275 e. The number of para-hydroxylation sites is 1. The van der Waals surface area contributed by atoms with Crippen molar-refractivity contribution in [2.45, 2.75) is 17.7 Å². The van der Waals surface area contributed by atoms with Crippen LogP contribution in [0.5, 0.6) is 0 Å². The molecule has 0 fully saturated rings. The number of benzene rings is 1. The van der Waals surface area contributed by atoms with Gasteiger partial charge in [0.15, 0.2) is 5.17 Å². The average molecular weight is 469 g/mol. The number of aliphatic imine (C=N–C) groups is 1. The van der Waals surface area contributed by atoms with Gasteiger partial charge in [-0.2, -0.15) is 0 Å². The Hall–Kier alpha value is -1.62. The summed E-state index contributed by atoms with van der Waals surface area (Å²) in [6, 6.07) is 6.66. The molecule has 2 unspecified atom stereocenters. The molecule has 25 heavy (non-hydrogen) atoms. The number of nitrogens with one attached hydrogen (secondary N) is 1. The van der Waals surface area contributed by atoms with Crippen molar-refractivity contribution >= 4 is 45.2 Å². The number of hydrogen-bond acceptors (Lipinski definition) is 6. The lowest BCUT2D eigenvalue weighted by molar-refractivity contribution is -0.385. The zero-order chi connectivity index (χ0) is 17.4. The lowest BCUT2D eigenvalue weighted by Crippen LogP contribution is -2.39. The molecule has 0 amide bonds. The zero-order valence-electron chi connectivity index (χ0n) is 13.3. The van der Waals surface area contributed by atoms with Crippen molar-refractivity contribution < 1.29 is 4.92 Å². The summed E-state index contributed by atoms with van der Waals surface area (Å²) in [7, 11) is 0. The molecule has 1 aromatic heterocycles. The van der Waals surface area contributed by atoms with E-state index < -0.39 is 0 Å². The predicted octanol–water partition coefficient (Wildman–Crippen LogP) is 3.17. The third-order valence-corrected chi connectivity index (χ3v) is 7.36. The van der Waals surface area contributed by atoms with E-state index >= 15 is 0 Å². The molecule has 7 nitrogen and oxygen atoms in total. The van der Waals surface area contributed by atoms with Gasteiger partial charge >= 0.3 is 0 Å². The molecule has 0 saturated carbocycles. The number of alkyl halides is 1. The summed E-state index contributed by atoms with van der Waals surface area (Å²) in [6.45, 7) is 1.57. The number of nitro groups is 1. The molecule has 2 aliphatic heterocycles. The van der Waals surface area contributed by atoms with Crippen molar-refractivity contribution in [3.8, 4) is 0 Å². The van der Waals surface area contributed by atoms with Crippen LogP contribution in [0.15, 0.2) is 35.6 Å². The number of aromatic amines is 1. The summed E-state index contributed by atoms with van der Waals surface area (Å²) in [6.07, 6.45) is 2.51. The Labute approximate surface area is 162 Å². The molecule has 4 rings (SSSR count). The minimum Gasteiger partial charge on any atom is -0.348 e. The highest BCUT2D eigenvalue weighted by Gasteiger charge is 2.38. The summed E-state index contributed by atoms with van der Waals surface area (Å²) in [5.41, 5.74) is 2.71. The number of H-pyrrole nitrogens is 1. The van der Waals surface area contributed by atoms with Gasteiger partial charge in [0.05, 0.1) is 29.1 Å². The molecule has 3 heterocycles. The van der Waals surface area contributed by atoms with Crippen molar-refractivity contribution in [2.24, 2.45) is 4.99 Å². The number of amidine groups is 1. The van der Waals surface area contributed by atoms with Crippen LogP contribution >= 0.6 is 34.4 Å². The summed E-state index contributed by atoms with van der Waals surface area (Å²) in [4.78, 5) is 25.8. The van der Waals surface area contributed by atoms with Gasteiger partial charge in [0.1, 0.15) is 6.04 Å². The van der Waals surface area contributed by atoms with Crippen molar-refractivity contribution in [2.75, 3.05) is 17.5 Å². The zero-order valence-corrected chi connectivity index (χ0v) is 16.2. The first-order valence-electron chi connectivity index (χ1n) is 7.98. The Morgan fingerprint density at radius 2 is 2.28 bits per heavy atom. The molecule has 0 saturated heterocycles. The smallest absolute Gasteiger partial charge is 0.275 e. The normalized spacial score (nSPS) is 22.6. The van der Waals surface area contributed by atoms with Crippen LogP contribution in [-0.2, 0) is 6.42 Å². The van der Waals surface area contributed by atoms with E-state index in [1.165, 1.54) is 0 Å². The van der Waals surface area contributed by atoms with Gasteiger partial charge in [0, 0.05) is 34.4 Å². The maximum atomic E-state index is 11.6. The van der Waals surface area contributed by atoms with Crippen molar-refractivity contribution in [1.82, 2.24) is 14.9 Å². The molecular formula is C16H16IN5O2S. The highest BCUT2D eigenvalue weighted by molar-refractivity contribution is 14.1. The Bertz CT molecular complexity index is 839. The number of rotatable bonds is 3. The van der Waals surface area contributed by atoms with Crippen LogP contribution in [0.2, 0.25) is 0 Å². The van der Waals surface area contributed by atoms with Crippen molar-refractivity contribution in [1.29, 1.82) is 0 Å². The second-order valence-corrected chi connectivity index (χ2v) is 8.09. The molecule has 2 atom stereocenters. The summed E-state index contributed by atoms with van der Waals surface area (Å²) in [5, 5.41) is 13.0. The SMILES string of the molecule is O=[N+]([O-])c1ccccc1C1c2nc[nH]c2CCN1C1=NCC(CI)S1. The van der Waals surface area contributed by atoms with Gasteiger partial charge in [-0.25, -0.2) is 4.98 Å². The molecule has 0 bridgehead atoms. The Morgan fingerprint density at radius 1 is 1.44 bits per heavy atom. The van der Waals surface area contributed by atoms with E-state index in [2.05, 4.69) is 37.5 Å². The van der Waals surface area contributed by atoms with Crippen LogP contribution in [0.4, 0.5) is 5.69 Å². The highest BCUT2D eigenvalue weighted by Crippen LogP contribution is 2.40. The first-order valence-corrected chi connectivity index (χ1v) is 10.4. The van der Waals surface area contributed by atoms with Crippen LogP contribution in [0.1, 0.15) is 23.0 Å². The number of hydrogen-bond donors (Lipinski definition) is 1. The third-order valence-electron chi connectivity index (χ3n) is 4.47. The maximum absolute atomic E-state index is 11.6. The second-order valence-electron chi connectivity index (χ2n) is 5.95. The number of aromatic nitrogens is 2. The number of fused-ring (bicyclic) bond motifs is 1. The lowest BCUT2D eigenvalue weighted by Gasteiger charge is -2.36.